The number of carbonyl (C=O) groups excluding carboxylic acids is 1. The van der Waals surface area contributed by atoms with Crippen molar-refractivity contribution in [3.05, 3.63) is 58.5 Å². The Morgan fingerprint density at radius 1 is 1.27 bits per heavy atom. The fourth-order valence-electron chi connectivity index (χ4n) is 3.18. The van der Waals surface area contributed by atoms with Gasteiger partial charge in [0.25, 0.3) is 0 Å². The van der Waals surface area contributed by atoms with Gasteiger partial charge in [0.15, 0.2) is 5.13 Å². The van der Waals surface area contributed by atoms with Crippen LogP contribution in [0.1, 0.15) is 27.7 Å². The molecule has 0 amide bonds. The summed E-state index contributed by atoms with van der Waals surface area (Å²) in [6.45, 7) is 5.07. The van der Waals surface area contributed by atoms with Crippen LogP contribution in [-0.2, 0) is 6.42 Å². The minimum Gasteiger partial charge on any atom is -0.493 e. The van der Waals surface area contributed by atoms with E-state index in [-0.39, 0.29) is 11.6 Å². The van der Waals surface area contributed by atoms with Crippen molar-refractivity contribution in [2.45, 2.75) is 13.3 Å². The standard InChI is InChI=1S/C22H24N4O3S/c1-2-24-10-12-28-17-6-4-16(5-7-17)25-22-26-21(23)20(30-22)19(27)15-3-8-18-14(13-15)9-11-29-18/h3-8,13,24H,2,9-12,23H2,1H3,(H,25,26). The van der Waals surface area contributed by atoms with Gasteiger partial charge >= 0.3 is 0 Å². The molecule has 2 aromatic carbocycles. The van der Waals surface area contributed by atoms with Crippen LogP contribution in [0, 0.1) is 0 Å². The highest BCUT2D eigenvalue weighted by Gasteiger charge is 2.21. The zero-order valence-electron chi connectivity index (χ0n) is 16.7. The van der Waals surface area contributed by atoms with Gasteiger partial charge < -0.3 is 25.8 Å². The number of nitrogens with two attached hydrogens (primary N) is 1. The highest BCUT2D eigenvalue weighted by Crippen LogP contribution is 2.32. The predicted octanol–water partition coefficient (Wildman–Crippen LogP) is 3.62. The largest absolute Gasteiger partial charge is 0.493 e. The Hall–Kier alpha value is -3.10. The van der Waals surface area contributed by atoms with E-state index in [2.05, 4.69) is 22.5 Å². The average Bonchev–Trinajstić information content (AvgIpc) is 3.37. The van der Waals surface area contributed by atoms with Gasteiger partial charge in [0, 0.05) is 24.2 Å². The Morgan fingerprint density at radius 3 is 2.90 bits per heavy atom. The van der Waals surface area contributed by atoms with Crippen LogP contribution in [0.15, 0.2) is 42.5 Å². The summed E-state index contributed by atoms with van der Waals surface area (Å²) in [7, 11) is 0. The van der Waals surface area contributed by atoms with E-state index in [1.165, 1.54) is 11.3 Å². The number of nitrogens with zero attached hydrogens (tertiary/aromatic N) is 1. The zero-order valence-corrected chi connectivity index (χ0v) is 17.6. The van der Waals surface area contributed by atoms with E-state index in [1.54, 1.807) is 6.07 Å². The van der Waals surface area contributed by atoms with Crippen LogP contribution in [0.2, 0.25) is 0 Å². The molecule has 1 aliphatic heterocycles. The molecule has 0 aliphatic carbocycles. The highest BCUT2D eigenvalue weighted by atomic mass is 32.1. The van der Waals surface area contributed by atoms with Crippen molar-refractivity contribution in [2.24, 2.45) is 0 Å². The first-order chi connectivity index (χ1) is 14.6. The molecule has 30 heavy (non-hydrogen) atoms. The van der Waals surface area contributed by atoms with Crippen LogP contribution in [0.3, 0.4) is 0 Å². The second-order valence-corrected chi connectivity index (χ2v) is 7.83. The van der Waals surface area contributed by atoms with Crippen LogP contribution in [0.4, 0.5) is 16.6 Å². The number of ketones is 1. The van der Waals surface area contributed by atoms with Gasteiger partial charge in [-0.1, -0.05) is 18.3 Å². The minimum absolute atomic E-state index is 0.128. The maximum Gasteiger partial charge on any atom is 0.206 e. The first kappa shape index (κ1) is 20.2. The third kappa shape index (κ3) is 4.55. The number of nitrogens with one attached hydrogen (secondary N) is 2. The minimum atomic E-state index is -0.128. The van der Waals surface area contributed by atoms with E-state index in [1.807, 2.05) is 36.4 Å². The number of ether oxygens (including phenoxy) is 2. The molecule has 0 radical (unpaired) electrons. The SMILES string of the molecule is CCNCCOc1ccc(Nc2nc(N)c(C(=O)c3ccc4c(c3)CCO4)s2)cc1. The molecule has 8 heteroatoms. The lowest BCUT2D eigenvalue weighted by Crippen LogP contribution is -2.20. The molecule has 3 aromatic rings. The summed E-state index contributed by atoms with van der Waals surface area (Å²) in [6, 6.07) is 13.1. The fraction of sp³-hybridized carbons (Fsp3) is 0.273. The van der Waals surface area contributed by atoms with Crippen LogP contribution >= 0.6 is 11.3 Å². The summed E-state index contributed by atoms with van der Waals surface area (Å²) in [5, 5.41) is 6.99. The van der Waals surface area contributed by atoms with Crippen molar-refractivity contribution < 1.29 is 14.3 Å². The van der Waals surface area contributed by atoms with E-state index in [4.69, 9.17) is 15.2 Å². The first-order valence-electron chi connectivity index (χ1n) is 9.91. The van der Waals surface area contributed by atoms with Crippen molar-refractivity contribution in [1.82, 2.24) is 10.3 Å². The summed E-state index contributed by atoms with van der Waals surface area (Å²) in [5.41, 5.74) is 8.53. The summed E-state index contributed by atoms with van der Waals surface area (Å²) in [4.78, 5) is 17.7. The number of hydrogen-bond acceptors (Lipinski definition) is 8. The van der Waals surface area contributed by atoms with Gasteiger partial charge in [-0.25, -0.2) is 4.98 Å². The van der Waals surface area contributed by atoms with Crippen molar-refractivity contribution in [3.8, 4) is 11.5 Å². The van der Waals surface area contributed by atoms with Crippen molar-refractivity contribution >= 4 is 33.8 Å². The molecule has 1 aliphatic rings. The lowest BCUT2D eigenvalue weighted by Gasteiger charge is -2.07. The van der Waals surface area contributed by atoms with E-state index in [0.717, 1.165) is 42.3 Å². The fourth-order valence-corrected chi connectivity index (χ4v) is 4.05. The summed E-state index contributed by atoms with van der Waals surface area (Å²) >= 11 is 1.25. The van der Waals surface area contributed by atoms with Gasteiger partial charge in [-0.2, -0.15) is 0 Å². The van der Waals surface area contributed by atoms with Gasteiger partial charge in [-0.3, -0.25) is 4.79 Å². The van der Waals surface area contributed by atoms with Crippen LogP contribution in [-0.4, -0.2) is 37.1 Å². The van der Waals surface area contributed by atoms with Gasteiger partial charge in [0.1, 0.15) is 28.8 Å². The Kier molecular flexibility index (Phi) is 6.15. The molecule has 0 spiro atoms. The molecule has 4 rings (SSSR count). The van der Waals surface area contributed by atoms with Gasteiger partial charge in [0.05, 0.1) is 6.61 Å². The number of rotatable bonds is 9. The van der Waals surface area contributed by atoms with E-state index < -0.39 is 0 Å². The van der Waals surface area contributed by atoms with Crippen molar-refractivity contribution in [1.29, 1.82) is 0 Å². The molecule has 0 bridgehead atoms. The number of hydrogen-bond donors (Lipinski definition) is 3. The molecule has 0 saturated carbocycles. The number of thiazole rings is 1. The Labute approximate surface area is 179 Å². The highest BCUT2D eigenvalue weighted by molar-refractivity contribution is 7.18. The number of carbonyl (C=O) groups is 1. The third-order valence-corrected chi connectivity index (χ3v) is 5.70. The molecule has 0 fully saturated rings. The van der Waals surface area contributed by atoms with Crippen molar-refractivity contribution in [3.63, 3.8) is 0 Å². The average molecular weight is 425 g/mol. The maximum absolute atomic E-state index is 12.9. The molecule has 156 valence electrons. The number of benzene rings is 2. The Bertz CT molecular complexity index is 1030. The molecule has 2 heterocycles. The van der Waals surface area contributed by atoms with Crippen LogP contribution in [0.25, 0.3) is 0 Å². The van der Waals surface area contributed by atoms with Gasteiger partial charge in [-0.15, -0.1) is 0 Å². The van der Waals surface area contributed by atoms with Crippen LogP contribution in [0.5, 0.6) is 11.5 Å². The first-order valence-corrected chi connectivity index (χ1v) is 10.7. The zero-order chi connectivity index (χ0) is 20.9. The van der Waals surface area contributed by atoms with Gasteiger partial charge in [0.2, 0.25) is 5.78 Å². The molecular weight excluding hydrogens is 400 g/mol. The van der Waals surface area contributed by atoms with E-state index in [9.17, 15) is 4.79 Å². The quantitative estimate of drug-likeness (QED) is 0.356. The summed E-state index contributed by atoms with van der Waals surface area (Å²) in [5.74, 6) is 1.75. The Morgan fingerprint density at radius 2 is 2.10 bits per heavy atom. The van der Waals surface area contributed by atoms with Gasteiger partial charge in [-0.05, 0) is 54.6 Å². The van der Waals surface area contributed by atoms with Crippen molar-refractivity contribution in [2.75, 3.05) is 37.4 Å². The number of fused-ring (bicyclic) bond motifs is 1. The normalized spacial score (nSPS) is 12.3. The maximum atomic E-state index is 12.9. The predicted molar refractivity (Wildman–Crippen MR) is 119 cm³/mol. The molecule has 4 N–H and O–H groups in total. The van der Waals surface area contributed by atoms with Crippen LogP contribution < -0.4 is 25.8 Å². The molecule has 0 atom stereocenters. The third-order valence-electron chi connectivity index (χ3n) is 4.71. The number of nitrogen functional groups attached to an aromatic ring is 1. The monoisotopic (exact) mass is 424 g/mol. The van der Waals surface area contributed by atoms with E-state index >= 15 is 0 Å². The smallest absolute Gasteiger partial charge is 0.206 e. The lowest BCUT2D eigenvalue weighted by molar-refractivity contribution is 0.104. The molecule has 7 nitrogen and oxygen atoms in total. The molecule has 1 aromatic heterocycles. The molecule has 0 saturated heterocycles. The number of anilines is 3. The lowest BCUT2D eigenvalue weighted by atomic mass is 10.0. The second-order valence-electron chi connectivity index (χ2n) is 6.83. The number of aromatic nitrogens is 1. The topological polar surface area (TPSA) is 98.5 Å². The second kappa shape index (κ2) is 9.15. The number of likely N-dealkylation sites (N-methyl/N-ethyl adjacent to an activating group) is 1. The molecule has 0 unspecified atom stereocenters. The van der Waals surface area contributed by atoms with E-state index in [0.29, 0.717) is 28.8 Å². The Balaban J connectivity index is 1.42. The molecular formula is C22H24N4O3S. The summed E-state index contributed by atoms with van der Waals surface area (Å²) < 4.78 is 11.2. The summed E-state index contributed by atoms with van der Waals surface area (Å²) in [6.07, 6.45) is 0.816.